The number of ether oxygens (including phenoxy) is 1. The first-order valence-corrected chi connectivity index (χ1v) is 6.79. The Morgan fingerprint density at radius 1 is 1.47 bits per heavy atom. The maximum absolute atomic E-state index is 11.8. The summed E-state index contributed by atoms with van der Waals surface area (Å²) in [5.41, 5.74) is -0.448. The molecule has 0 bridgehead atoms. The van der Waals surface area contributed by atoms with Crippen molar-refractivity contribution in [2.45, 2.75) is 52.6 Å². The van der Waals surface area contributed by atoms with Crippen LogP contribution < -0.4 is 0 Å². The Morgan fingerprint density at radius 3 is 2.58 bits per heavy atom. The molecule has 0 aromatic carbocycles. The minimum atomic E-state index is -0.941. The van der Waals surface area contributed by atoms with E-state index in [4.69, 9.17) is 9.84 Å². The molecule has 1 rings (SSSR count). The van der Waals surface area contributed by atoms with Crippen LogP contribution in [-0.4, -0.2) is 23.1 Å². The van der Waals surface area contributed by atoms with Gasteiger partial charge in [0.05, 0.1) is 12.3 Å². The van der Waals surface area contributed by atoms with Gasteiger partial charge in [0.2, 0.25) is 0 Å². The van der Waals surface area contributed by atoms with Crippen molar-refractivity contribution < 1.29 is 19.4 Å². The highest BCUT2D eigenvalue weighted by Gasteiger charge is 2.41. The number of hydrogen-bond acceptors (Lipinski definition) is 3. The fourth-order valence-corrected chi connectivity index (χ4v) is 2.15. The smallest absolute Gasteiger partial charge is 0.307 e. The summed E-state index contributed by atoms with van der Waals surface area (Å²) in [4.78, 5) is 22.9. The molecule has 4 nitrogen and oxygen atoms in total. The Balaban J connectivity index is 2.39. The Bertz CT molecular complexity index is 354. The van der Waals surface area contributed by atoms with E-state index in [9.17, 15) is 9.59 Å². The van der Waals surface area contributed by atoms with Crippen LogP contribution in [0.4, 0.5) is 0 Å². The molecule has 1 saturated carbocycles. The molecule has 4 heteroatoms. The van der Waals surface area contributed by atoms with Gasteiger partial charge in [0.25, 0.3) is 0 Å². The third-order valence-electron chi connectivity index (χ3n) is 3.60. The SMILES string of the molecule is C=CCC[C@@H]1CC1OC(=O)C[C@H](C(=O)O)C(C)(C)C. The molecule has 0 heterocycles. The molecule has 1 fully saturated rings. The van der Waals surface area contributed by atoms with Crippen molar-refractivity contribution in [3.63, 3.8) is 0 Å². The van der Waals surface area contributed by atoms with Crippen LogP contribution in [0.15, 0.2) is 12.7 Å². The highest BCUT2D eigenvalue weighted by Crippen LogP contribution is 2.38. The van der Waals surface area contributed by atoms with Gasteiger partial charge in [-0.2, -0.15) is 0 Å². The van der Waals surface area contributed by atoms with Crippen molar-refractivity contribution in [3.05, 3.63) is 12.7 Å². The number of carbonyl (C=O) groups excluding carboxylic acids is 1. The molecule has 1 N–H and O–H groups in total. The van der Waals surface area contributed by atoms with E-state index in [0.29, 0.717) is 5.92 Å². The van der Waals surface area contributed by atoms with E-state index >= 15 is 0 Å². The number of carboxylic acids is 1. The lowest BCUT2D eigenvalue weighted by Gasteiger charge is -2.26. The lowest BCUT2D eigenvalue weighted by molar-refractivity contribution is -0.156. The highest BCUT2D eigenvalue weighted by atomic mass is 16.5. The van der Waals surface area contributed by atoms with E-state index in [0.717, 1.165) is 19.3 Å². The van der Waals surface area contributed by atoms with E-state index < -0.39 is 23.3 Å². The second-order valence-corrected chi connectivity index (χ2v) is 6.35. The Morgan fingerprint density at radius 2 is 2.11 bits per heavy atom. The minimum Gasteiger partial charge on any atom is -0.481 e. The molecule has 1 unspecified atom stereocenters. The number of carboxylic acid groups (broad SMARTS) is 1. The van der Waals surface area contributed by atoms with Crippen molar-refractivity contribution in [2.24, 2.45) is 17.3 Å². The average molecular weight is 268 g/mol. The summed E-state index contributed by atoms with van der Waals surface area (Å²) in [5, 5.41) is 9.16. The molecule has 0 aromatic rings. The predicted molar refractivity (Wildman–Crippen MR) is 72.6 cm³/mol. The Labute approximate surface area is 114 Å². The average Bonchev–Trinajstić information content (AvgIpc) is 2.99. The van der Waals surface area contributed by atoms with E-state index in [1.165, 1.54) is 0 Å². The zero-order valence-corrected chi connectivity index (χ0v) is 12.0. The van der Waals surface area contributed by atoms with Crippen LogP contribution in [0.2, 0.25) is 0 Å². The molecule has 19 heavy (non-hydrogen) atoms. The molecule has 0 saturated heterocycles. The van der Waals surface area contributed by atoms with Gasteiger partial charge in [0.15, 0.2) is 0 Å². The van der Waals surface area contributed by atoms with Gasteiger partial charge in [-0.3, -0.25) is 9.59 Å². The first-order chi connectivity index (χ1) is 8.75. The summed E-state index contributed by atoms with van der Waals surface area (Å²) in [7, 11) is 0. The van der Waals surface area contributed by atoms with E-state index in [1.807, 2.05) is 26.8 Å². The highest BCUT2D eigenvalue weighted by molar-refractivity contribution is 5.79. The molecule has 1 aliphatic rings. The zero-order chi connectivity index (χ0) is 14.6. The lowest BCUT2D eigenvalue weighted by atomic mass is 9.79. The van der Waals surface area contributed by atoms with Crippen LogP contribution in [0, 0.1) is 17.3 Å². The van der Waals surface area contributed by atoms with Crippen LogP contribution in [-0.2, 0) is 14.3 Å². The molecular weight excluding hydrogens is 244 g/mol. The van der Waals surface area contributed by atoms with E-state index in [2.05, 4.69) is 6.58 Å². The summed E-state index contributed by atoms with van der Waals surface area (Å²) >= 11 is 0. The second kappa shape index (κ2) is 6.22. The number of aliphatic carboxylic acids is 1. The topological polar surface area (TPSA) is 63.6 Å². The lowest BCUT2D eigenvalue weighted by Crippen LogP contribution is -2.31. The van der Waals surface area contributed by atoms with Gasteiger partial charge in [-0.05, 0) is 30.6 Å². The summed E-state index contributed by atoms with van der Waals surface area (Å²) in [5.74, 6) is -1.61. The van der Waals surface area contributed by atoms with Crippen molar-refractivity contribution >= 4 is 11.9 Å². The van der Waals surface area contributed by atoms with Gasteiger partial charge in [0.1, 0.15) is 6.10 Å². The zero-order valence-electron chi connectivity index (χ0n) is 12.0. The Kier molecular flexibility index (Phi) is 5.15. The van der Waals surface area contributed by atoms with Crippen molar-refractivity contribution in [1.82, 2.24) is 0 Å². The predicted octanol–water partition coefficient (Wildman–Crippen LogP) is 3.02. The maximum atomic E-state index is 11.8. The number of allylic oxidation sites excluding steroid dienone is 1. The van der Waals surface area contributed by atoms with E-state index in [-0.39, 0.29) is 12.5 Å². The van der Waals surface area contributed by atoms with Crippen LogP contribution in [0.5, 0.6) is 0 Å². The summed E-state index contributed by atoms with van der Waals surface area (Å²) in [6.45, 7) is 9.13. The first-order valence-electron chi connectivity index (χ1n) is 6.79. The fourth-order valence-electron chi connectivity index (χ4n) is 2.15. The summed E-state index contributed by atoms with van der Waals surface area (Å²) in [6.07, 6.45) is 4.61. The molecule has 1 aliphatic carbocycles. The number of hydrogen-bond donors (Lipinski definition) is 1. The Hall–Kier alpha value is -1.32. The summed E-state index contributed by atoms with van der Waals surface area (Å²) in [6, 6.07) is 0. The quantitative estimate of drug-likeness (QED) is 0.569. The third-order valence-corrected chi connectivity index (χ3v) is 3.60. The van der Waals surface area contributed by atoms with Gasteiger partial charge in [-0.25, -0.2) is 0 Å². The van der Waals surface area contributed by atoms with Crippen LogP contribution >= 0.6 is 0 Å². The van der Waals surface area contributed by atoms with Gasteiger partial charge in [-0.15, -0.1) is 6.58 Å². The van der Waals surface area contributed by atoms with Gasteiger partial charge in [-0.1, -0.05) is 26.8 Å². The van der Waals surface area contributed by atoms with Gasteiger partial charge >= 0.3 is 11.9 Å². The molecule has 0 spiro atoms. The first kappa shape index (κ1) is 15.7. The molecule has 108 valence electrons. The summed E-state index contributed by atoms with van der Waals surface area (Å²) < 4.78 is 5.31. The number of esters is 1. The largest absolute Gasteiger partial charge is 0.481 e. The molecule has 0 amide bonds. The van der Waals surface area contributed by atoms with Crippen LogP contribution in [0.3, 0.4) is 0 Å². The van der Waals surface area contributed by atoms with Crippen LogP contribution in [0.1, 0.15) is 46.5 Å². The number of rotatable bonds is 7. The van der Waals surface area contributed by atoms with E-state index in [1.54, 1.807) is 0 Å². The molecule has 0 aliphatic heterocycles. The van der Waals surface area contributed by atoms with Crippen molar-refractivity contribution in [2.75, 3.05) is 0 Å². The van der Waals surface area contributed by atoms with Gasteiger partial charge in [0, 0.05) is 0 Å². The second-order valence-electron chi connectivity index (χ2n) is 6.35. The van der Waals surface area contributed by atoms with Crippen molar-refractivity contribution in [3.8, 4) is 0 Å². The number of carbonyl (C=O) groups is 2. The molecule has 0 aromatic heterocycles. The standard InChI is InChI=1S/C15H24O4/c1-5-6-7-10-8-12(10)19-13(16)9-11(14(17)18)15(2,3)4/h5,10-12H,1,6-9H2,2-4H3,(H,17,18)/t10-,11-,12?/m1/s1. The van der Waals surface area contributed by atoms with Gasteiger partial charge < -0.3 is 9.84 Å². The third kappa shape index (κ3) is 5.05. The normalized spacial score (nSPS) is 23.5. The van der Waals surface area contributed by atoms with Crippen LogP contribution in [0.25, 0.3) is 0 Å². The monoisotopic (exact) mass is 268 g/mol. The van der Waals surface area contributed by atoms with Crippen molar-refractivity contribution in [1.29, 1.82) is 0 Å². The minimum absolute atomic E-state index is 0.0122. The molecular formula is C15H24O4. The fraction of sp³-hybridized carbons (Fsp3) is 0.733. The molecule has 0 radical (unpaired) electrons. The maximum Gasteiger partial charge on any atom is 0.307 e. The molecule has 3 atom stereocenters.